The Balaban J connectivity index is 0.00000392. The third-order valence-electron chi connectivity index (χ3n) is 4.16. The molecule has 0 aromatic heterocycles. The lowest BCUT2D eigenvalue weighted by molar-refractivity contribution is -0.120. The summed E-state index contributed by atoms with van der Waals surface area (Å²) in [6.07, 6.45) is 1.69. The van der Waals surface area contributed by atoms with Crippen molar-refractivity contribution >= 4 is 41.5 Å². The Morgan fingerprint density at radius 3 is 2.79 bits per heavy atom. The van der Waals surface area contributed by atoms with Crippen molar-refractivity contribution in [1.82, 2.24) is 16.0 Å². The summed E-state index contributed by atoms with van der Waals surface area (Å²) in [5.74, 6) is 0.611. The zero-order valence-electron chi connectivity index (χ0n) is 16.1. The van der Waals surface area contributed by atoms with E-state index in [4.69, 9.17) is 0 Å². The minimum Gasteiger partial charge on any atom is -0.433 e. The summed E-state index contributed by atoms with van der Waals surface area (Å²) in [6.45, 7) is 1.24. The van der Waals surface area contributed by atoms with Gasteiger partial charge in [0.1, 0.15) is 5.75 Å². The van der Waals surface area contributed by atoms with Gasteiger partial charge in [-0.2, -0.15) is 8.78 Å². The Kier molecular flexibility index (Phi) is 10.9. The smallest absolute Gasteiger partial charge is 0.387 e. The van der Waals surface area contributed by atoms with Crippen LogP contribution in [-0.2, 0) is 4.79 Å². The number of hydrogen-bond acceptors (Lipinski definition) is 4. The SMILES string of the molecule is CCCNC(=O)CNC(=NC)NC1CCN(c2ccccc2OC(F)F)C1.I. The maximum absolute atomic E-state index is 12.6. The van der Waals surface area contributed by atoms with Crippen LogP contribution in [0, 0.1) is 0 Å². The van der Waals surface area contributed by atoms with Gasteiger partial charge in [0.25, 0.3) is 0 Å². The molecule has 7 nitrogen and oxygen atoms in total. The van der Waals surface area contributed by atoms with Crippen LogP contribution in [0.2, 0.25) is 0 Å². The number of anilines is 1. The van der Waals surface area contributed by atoms with E-state index in [9.17, 15) is 13.6 Å². The third-order valence-corrected chi connectivity index (χ3v) is 4.16. The van der Waals surface area contributed by atoms with Crippen LogP contribution in [0.5, 0.6) is 5.75 Å². The molecule has 2 rings (SSSR count). The van der Waals surface area contributed by atoms with Gasteiger partial charge >= 0.3 is 6.61 Å². The van der Waals surface area contributed by atoms with Gasteiger partial charge in [0, 0.05) is 32.7 Å². The number of guanidine groups is 1. The van der Waals surface area contributed by atoms with E-state index in [-0.39, 0.29) is 48.2 Å². The summed E-state index contributed by atoms with van der Waals surface area (Å²) in [6, 6.07) is 6.85. The predicted molar refractivity (Wildman–Crippen MR) is 117 cm³/mol. The Morgan fingerprint density at radius 2 is 2.11 bits per heavy atom. The van der Waals surface area contributed by atoms with Crippen molar-refractivity contribution in [1.29, 1.82) is 0 Å². The average Bonchev–Trinajstić information content (AvgIpc) is 3.11. The first-order valence-electron chi connectivity index (χ1n) is 9.06. The lowest BCUT2D eigenvalue weighted by atomic mass is 10.2. The molecule has 1 saturated heterocycles. The summed E-state index contributed by atoms with van der Waals surface area (Å²) in [7, 11) is 1.64. The molecule has 1 atom stereocenters. The summed E-state index contributed by atoms with van der Waals surface area (Å²) in [5, 5.41) is 9.03. The highest BCUT2D eigenvalue weighted by Crippen LogP contribution is 2.31. The standard InChI is InChI=1S/C18H27F2N5O2.HI/c1-3-9-22-16(26)11-23-18(21-2)24-13-8-10-25(12-13)14-6-4-5-7-15(14)27-17(19)20;/h4-7,13,17H,3,8-12H2,1-2H3,(H,22,26)(H2,21,23,24);1H. The molecule has 1 heterocycles. The summed E-state index contributed by atoms with van der Waals surface area (Å²) < 4.78 is 29.8. The van der Waals surface area contributed by atoms with E-state index in [1.807, 2.05) is 11.8 Å². The molecule has 1 aromatic carbocycles. The topological polar surface area (TPSA) is 78.0 Å². The molecule has 1 unspecified atom stereocenters. The Hall–Kier alpha value is -1.85. The van der Waals surface area contributed by atoms with Crippen molar-refractivity contribution in [3.63, 3.8) is 0 Å². The Morgan fingerprint density at radius 1 is 1.36 bits per heavy atom. The van der Waals surface area contributed by atoms with E-state index < -0.39 is 6.61 Å². The number of ether oxygens (including phenoxy) is 1. The summed E-state index contributed by atoms with van der Waals surface area (Å²) >= 11 is 0. The molecule has 0 bridgehead atoms. The zero-order chi connectivity index (χ0) is 19.6. The molecule has 158 valence electrons. The minimum atomic E-state index is -2.86. The second-order valence-corrected chi connectivity index (χ2v) is 6.20. The summed E-state index contributed by atoms with van der Waals surface area (Å²) in [4.78, 5) is 17.8. The van der Waals surface area contributed by atoms with Crippen molar-refractivity contribution in [2.45, 2.75) is 32.4 Å². The number of nitrogens with zero attached hydrogens (tertiary/aromatic N) is 2. The Bertz CT molecular complexity index is 648. The lowest BCUT2D eigenvalue weighted by Gasteiger charge is -2.22. The van der Waals surface area contributed by atoms with E-state index in [1.54, 1.807) is 25.2 Å². The van der Waals surface area contributed by atoms with Crippen LogP contribution in [-0.4, -0.2) is 57.7 Å². The molecule has 1 fully saturated rings. The molecule has 0 spiro atoms. The second-order valence-electron chi connectivity index (χ2n) is 6.20. The van der Waals surface area contributed by atoms with Gasteiger partial charge in [-0.15, -0.1) is 24.0 Å². The number of benzene rings is 1. The normalized spacial score (nSPS) is 16.5. The summed E-state index contributed by atoms with van der Waals surface area (Å²) in [5.41, 5.74) is 0.643. The van der Waals surface area contributed by atoms with Crippen molar-refractivity contribution in [3.8, 4) is 5.75 Å². The second kappa shape index (κ2) is 12.6. The van der Waals surface area contributed by atoms with Crippen molar-refractivity contribution in [2.75, 3.05) is 38.1 Å². The van der Waals surface area contributed by atoms with Crippen LogP contribution >= 0.6 is 24.0 Å². The van der Waals surface area contributed by atoms with E-state index in [0.717, 1.165) is 12.8 Å². The maximum atomic E-state index is 12.6. The van der Waals surface area contributed by atoms with Crippen molar-refractivity contribution in [2.24, 2.45) is 4.99 Å². The molecule has 0 radical (unpaired) electrons. The highest BCUT2D eigenvalue weighted by Gasteiger charge is 2.26. The van der Waals surface area contributed by atoms with Gasteiger partial charge in [0.05, 0.1) is 12.2 Å². The first kappa shape index (κ1) is 24.2. The molecule has 1 aliphatic heterocycles. The molecule has 3 N–H and O–H groups in total. The fraction of sp³-hybridized carbons (Fsp3) is 0.556. The van der Waals surface area contributed by atoms with Gasteiger partial charge in [0.15, 0.2) is 5.96 Å². The number of nitrogens with one attached hydrogen (secondary N) is 3. The highest BCUT2D eigenvalue weighted by molar-refractivity contribution is 14.0. The zero-order valence-corrected chi connectivity index (χ0v) is 18.4. The van der Waals surface area contributed by atoms with Crippen LogP contribution in [0.3, 0.4) is 0 Å². The minimum absolute atomic E-state index is 0. The van der Waals surface area contributed by atoms with Crippen LogP contribution in [0.25, 0.3) is 0 Å². The molecule has 1 aliphatic rings. The van der Waals surface area contributed by atoms with Crippen LogP contribution in [0.15, 0.2) is 29.3 Å². The molecule has 0 aliphatic carbocycles. The van der Waals surface area contributed by atoms with Crippen LogP contribution in [0.4, 0.5) is 14.5 Å². The molecule has 10 heteroatoms. The third kappa shape index (κ3) is 7.64. The molecular formula is C18H28F2IN5O2. The lowest BCUT2D eigenvalue weighted by Crippen LogP contribution is -2.47. The first-order chi connectivity index (χ1) is 13.0. The largest absolute Gasteiger partial charge is 0.433 e. The highest BCUT2D eigenvalue weighted by atomic mass is 127. The average molecular weight is 511 g/mol. The van der Waals surface area contributed by atoms with Gasteiger partial charge in [-0.3, -0.25) is 9.79 Å². The number of aliphatic imine (C=N–C) groups is 1. The molecule has 1 amide bonds. The maximum Gasteiger partial charge on any atom is 0.387 e. The van der Waals surface area contributed by atoms with Crippen molar-refractivity contribution in [3.05, 3.63) is 24.3 Å². The molecule has 0 saturated carbocycles. The van der Waals surface area contributed by atoms with E-state index in [1.165, 1.54) is 6.07 Å². The number of hydrogen-bond donors (Lipinski definition) is 3. The van der Waals surface area contributed by atoms with Crippen LogP contribution < -0.4 is 25.6 Å². The molecule has 1 aromatic rings. The number of carbonyl (C=O) groups excluding carboxylic acids is 1. The fourth-order valence-electron chi connectivity index (χ4n) is 2.89. The predicted octanol–water partition coefficient (Wildman–Crippen LogP) is 2.18. The van der Waals surface area contributed by atoms with Crippen molar-refractivity contribution < 1.29 is 18.3 Å². The number of alkyl halides is 2. The molecule has 28 heavy (non-hydrogen) atoms. The van der Waals surface area contributed by atoms with Crippen LogP contribution in [0.1, 0.15) is 19.8 Å². The number of halogens is 3. The van der Waals surface area contributed by atoms with Gasteiger partial charge in [-0.25, -0.2) is 0 Å². The van der Waals surface area contributed by atoms with E-state index in [0.29, 0.717) is 31.3 Å². The molecular weight excluding hydrogens is 483 g/mol. The van der Waals surface area contributed by atoms with Gasteiger partial charge < -0.3 is 25.6 Å². The van der Waals surface area contributed by atoms with Gasteiger partial charge in [-0.05, 0) is 25.0 Å². The number of rotatable bonds is 8. The van der Waals surface area contributed by atoms with E-state index in [2.05, 4.69) is 25.7 Å². The number of amides is 1. The Labute approximate surface area is 181 Å². The fourth-order valence-corrected chi connectivity index (χ4v) is 2.89. The van der Waals surface area contributed by atoms with Gasteiger partial charge in [-0.1, -0.05) is 19.1 Å². The monoisotopic (exact) mass is 511 g/mol. The quantitative estimate of drug-likeness (QED) is 0.284. The van der Waals surface area contributed by atoms with E-state index >= 15 is 0 Å². The number of para-hydroxylation sites is 2. The van der Waals surface area contributed by atoms with Gasteiger partial charge in [0.2, 0.25) is 5.91 Å². The number of carbonyl (C=O) groups is 1. The first-order valence-corrected chi connectivity index (χ1v) is 9.06.